The van der Waals surface area contributed by atoms with Crippen LogP contribution in [0.25, 0.3) is 11.0 Å². The van der Waals surface area contributed by atoms with E-state index in [0.717, 1.165) is 0 Å². The van der Waals surface area contributed by atoms with E-state index in [2.05, 4.69) is 4.98 Å². The van der Waals surface area contributed by atoms with Gasteiger partial charge in [0.2, 0.25) is 11.3 Å². The van der Waals surface area contributed by atoms with Gasteiger partial charge in [-0.3, -0.25) is 4.79 Å². The van der Waals surface area contributed by atoms with Gasteiger partial charge in [0.05, 0.1) is 32.5 Å². The molecule has 0 fully saturated rings. The van der Waals surface area contributed by atoms with Crippen LogP contribution in [0, 0.1) is 5.21 Å². The van der Waals surface area contributed by atoms with E-state index < -0.39 is 11.8 Å². The van der Waals surface area contributed by atoms with Crippen molar-refractivity contribution in [2.24, 2.45) is 0 Å². The van der Waals surface area contributed by atoms with Crippen molar-refractivity contribution in [3.63, 3.8) is 0 Å². The van der Waals surface area contributed by atoms with E-state index in [1.807, 2.05) is 6.92 Å². The fourth-order valence-electron chi connectivity index (χ4n) is 3.04. The lowest BCUT2D eigenvalue weighted by atomic mass is 10.2. The van der Waals surface area contributed by atoms with Gasteiger partial charge < -0.3 is 24.2 Å². The number of hydrogen-bond donors (Lipinski definition) is 0. The summed E-state index contributed by atoms with van der Waals surface area (Å²) in [6, 6.07) is 9.40. The lowest BCUT2D eigenvalue weighted by molar-refractivity contribution is -0.580. The van der Waals surface area contributed by atoms with Crippen molar-refractivity contribution in [2.45, 2.75) is 20.5 Å². The van der Waals surface area contributed by atoms with E-state index in [4.69, 9.17) is 18.9 Å². The van der Waals surface area contributed by atoms with Gasteiger partial charge in [-0.25, -0.2) is 9.78 Å². The average Bonchev–Trinajstić information content (AvgIpc) is 2.77. The highest BCUT2D eigenvalue weighted by molar-refractivity contribution is 5.93. The summed E-state index contributed by atoms with van der Waals surface area (Å²) >= 11 is 0. The number of Topliss-reactive ketones (excluding diaryl/α,β-unsaturated/α-hetero) is 1. The number of ketones is 1. The third-order valence-corrected chi connectivity index (χ3v) is 4.47. The van der Waals surface area contributed by atoms with Gasteiger partial charge in [0.15, 0.2) is 5.69 Å². The monoisotopic (exact) mass is 426 g/mol. The number of benzene rings is 2. The van der Waals surface area contributed by atoms with Gasteiger partial charge >= 0.3 is 5.97 Å². The molecular formula is C22H22N2O7. The molecule has 0 saturated heterocycles. The van der Waals surface area contributed by atoms with Gasteiger partial charge in [0.25, 0.3) is 5.69 Å². The Labute approximate surface area is 178 Å². The van der Waals surface area contributed by atoms with E-state index in [1.165, 1.54) is 39.3 Å². The first kappa shape index (κ1) is 21.8. The van der Waals surface area contributed by atoms with Crippen LogP contribution in [0.2, 0.25) is 0 Å². The summed E-state index contributed by atoms with van der Waals surface area (Å²) in [5.41, 5.74) is 0.582. The van der Waals surface area contributed by atoms with E-state index in [-0.39, 0.29) is 29.1 Å². The maximum absolute atomic E-state index is 12.9. The van der Waals surface area contributed by atoms with Crippen molar-refractivity contribution in [1.29, 1.82) is 0 Å². The van der Waals surface area contributed by atoms with E-state index >= 15 is 0 Å². The Morgan fingerprint density at radius 1 is 1.03 bits per heavy atom. The number of aromatic nitrogens is 2. The maximum Gasteiger partial charge on any atom is 0.338 e. The number of methoxy groups -OCH3 is 2. The molecule has 3 aromatic rings. The number of nitrogens with zero attached hydrogens (tertiary/aromatic N) is 2. The predicted molar refractivity (Wildman–Crippen MR) is 111 cm³/mol. The third-order valence-electron chi connectivity index (χ3n) is 4.47. The largest absolute Gasteiger partial charge is 0.618 e. The molecule has 0 atom stereocenters. The summed E-state index contributed by atoms with van der Waals surface area (Å²) in [7, 11) is 2.93. The molecule has 1 aromatic heterocycles. The Balaban J connectivity index is 1.94. The number of ether oxygens (including phenoxy) is 4. The van der Waals surface area contributed by atoms with Crippen LogP contribution in [-0.4, -0.2) is 37.6 Å². The molecule has 0 unspecified atom stereocenters. The Kier molecular flexibility index (Phi) is 6.54. The minimum atomic E-state index is -0.683. The SMILES string of the molecule is CCOc1ccc2nc(COC(=O)c3cc(OC)cc(OC)c3)c(C(C)=O)[n+]([O-])c2c1. The second-order valence-electron chi connectivity index (χ2n) is 6.52. The van der Waals surface area contributed by atoms with Crippen LogP contribution >= 0.6 is 0 Å². The average molecular weight is 426 g/mol. The van der Waals surface area contributed by atoms with Crippen LogP contribution in [0.5, 0.6) is 17.2 Å². The zero-order valence-corrected chi connectivity index (χ0v) is 17.6. The molecule has 0 aliphatic heterocycles. The lowest BCUT2D eigenvalue weighted by Crippen LogP contribution is -2.37. The van der Waals surface area contributed by atoms with Gasteiger partial charge in [-0.15, -0.1) is 0 Å². The van der Waals surface area contributed by atoms with Crippen LogP contribution in [-0.2, 0) is 11.3 Å². The van der Waals surface area contributed by atoms with Crippen molar-refractivity contribution >= 4 is 22.8 Å². The Morgan fingerprint density at radius 2 is 1.71 bits per heavy atom. The van der Waals surface area contributed by atoms with Crippen molar-refractivity contribution in [1.82, 2.24) is 4.98 Å². The van der Waals surface area contributed by atoms with Crippen molar-refractivity contribution < 1.29 is 33.3 Å². The predicted octanol–water partition coefficient (Wildman–Crippen LogP) is 2.84. The Hall–Kier alpha value is -3.88. The fourth-order valence-corrected chi connectivity index (χ4v) is 3.04. The highest BCUT2D eigenvalue weighted by Crippen LogP contribution is 2.24. The first-order valence-electron chi connectivity index (χ1n) is 9.48. The zero-order valence-electron chi connectivity index (χ0n) is 17.6. The molecule has 162 valence electrons. The smallest absolute Gasteiger partial charge is 0.338 e. The van der Waals surface area contributed by atoms with Gasteiger partial charge in [0.1, 0.15) is 29.4 Å². The summed E-state index contributed by atoms with van der Waals surface area (Å²) in [5, 5.41) is 12.9. The molecular weight excluding hydrogens is 404 g/mol. The molecule has 0 aliphatic rings. The highest BCUT2D eigenvalue weighted by Gasteiger charge is 2.25. The van der Waals surface area contributed by atoms with Gasteiger partial charge in [-0.1, -0.05) is 0 Å². The minimum absolute atomic E-state index is 0.0578. The molecule has 0 bridgehead atoms. The number of rotatable bonds is 8. The topological polar surface area (TPSA) is 111 Å². The first-order chi connectivity index (χ1) is 14.9. The number of carbonyl (C=O) groups is 2. The minimum Gasteiger partial charge on any atom is -0.618 e. The van der Waals surface area contributed by atoms with Crippen LogP contribution < -0.4 is 18.9 Å². The zero-order chi connectivity index (χ0) is 22.5. The molecule has 9 heteroatoms. The third kappa shape index (κ3) is 4.66. The number of fused-ring (bicyclic) bond motifs is 1. The van der Waals surface area contributed by atoms with E-state index in [0.29, 0.717) is 34.1 Å². The summed E-state index contributed by atoms with van der Waals surface area (Å²) in [6.45, 7) is 3.14. The molecule has 0 N–H and O–H groups in total. The number of esters is 1. The Morgan fingerprint density at radius 3 is 2.29 bits per heavy atom. The molecule has 0 radical (unpaired) electrons. The molecule has 31 heavy (non-hydrogen) atoms. The molecule has 2 aromatic carbocycles. The first-order valence-corrected chi connectivity index (χ1v) is 9.48. The van der Waals surface area contributed by atoms with Crippen molar-refractivity contribution in [2.75, 3.05) is 20.8 Å². The molecule has 0 spiro atoms. The second-order valence-corrected chi connectivity index (χ2v) is 6.52. The van der Waals surface area contributed by atoms with Gasteiger partial charge in [0, 0.05) is 13.0 Å². The van der Waals surface area contributed by atoms with Crippen LogP contribution in [0.15, 0.2) is 36.4 Å². The van der Waals surface area contributed by atoms with Crippen LogP contribution in [0.1, 0.15) is 40.4 Å². The molecule has 3 rings (SSSR count). The standard InChI is InChI=1S/C22H22N2O7/c1-5-30-15-6-7-18-20(11-15)24(27)21(13(2)25)19(23-18)12-31-22(26)14-8-16(28-3)10-17(9-14)29-4/h6-11H,5,12H2,1-4H3. The van der Waals surface area contributed by atoms with Crippen molar-refractivity contribution in [3.8, 4) is 17.2 Å². The Bertz CT molecular complexity index is 1120. The summed E-state index contributed by atoms with van der Waals surface area (Å²) < 4.78 is 21.5. The molecule has 0 aliphatic carbocycles. The lowest BCUT2D eigenvalue weighted by Gasteiger charge is -2.12. The maximum atomic E-state index is 12.9. The normalized spacial score (nSPS) is 10.6. The van der Waals surface area contributed by atoms with Crippen molar-refractivity contribution in [3.05, 3.63) is 58.6 Å². The van der Waals surface area contributed by atoms with E-state index in [1.54, 1.807) is 18.2 Å². The van der Waals surface area contributed by atoms with E-state index in [9.17, 15) is 14.8 Å². The molecule has 0 amide bonds. The quantitative estimate of drug-likeness (QED) is 0.234. The summed E-state index contributed by atoms with van der Waals surface area (Å²) in [4.78, 5) is 29.1. The molecule has 9 nitrogen and oxygen atoms in total. The highest BCUT2D eigenvalue weighted by atomic mass is 16.5. The molecule has 0 saturated carbocycles. The molecule has 1 heterocycles. The summed E-state index contributed by atoms with van der Waals surface area (Å²) in [6.07, 6.45) is 0. The summed E-state index contributed by atoms with van der Waals surface area (Å²) in [5.74, 6) is 0.143. The number of carbonyl (C=O) groups excluding carboxylic acids is 2. The van der Waals surface area contributed by atoms with Gasteiger partial charge in [-0.2, -0.15) is 4.73 Å². The second kappa shape index (κ2) is 9.29. The fraction of sp³-hybridized carbons (Fsp3) is 0.273. The van der Waals surface area contributed by atoms with Crippen LogP contribution in [0.4, 0.5) is 0 Å². The number of hydrogen-bond acceptors (Lipinski definition) is 8. The van der Waals surface area contributed by atoms with Gasteiger partial charge in [-0.05, 0) is 31.2 Å². The van der Waals surface area contributed by atoms with Crippen LogP contribution in [0.3, 0.4) is 0 Å².